The fourth-order valence-corrected chi connectivity index (χ4v) is 4.40. The SMILES string of the molecule is CCOc1nc(CCN(C)C)ccc1Nc1ncc(Cl)c(Nc2ccccc2P(C)(C)=O)n1. The number of rotatable bonds is 10. The van der Waals surface area contributed by atoms with Crippen LogP contribution in [0.25, 0.3) is 0 Å². The van der Waals surface area contributed by atoms with Crippen molar-refractivity contribution in [3.63, 3.8) is 0 Å². The molecule has 0 saturated carbocycles. The van der Waals surface area contributed by atoms with Crippen molar-refractivity contribution in [1.29, 1.82) is 0 Å². The lowest BCUT2D eigenvalue weighted by molar-refractivity contribution is 0.327. The Labute approximate surface area is 200 Å². The molecule has 0 aliphatic carbocycles. The summed E-state index contributed by atoms with van der Waals surface area (Å²) in [6, 6.07) is 11.3. The Hall–Kier alpha value is -2.67. The van der Waals surface area contributed by atoms with Crippen LogP contribution in [-0.2, 0) is 11.0 Å². The molecule has 2 heterocycles. The largest absolute Gasteiger partial charge is 0.476 e. The van der Waals surface area contributed by atoms with Crippen LogP contribution in [0, 0.1) is 0 Å². The maximum Gasteiger partial charge on any atom is 0.238 e. The molecule has 2 N–H and O–H groups in total. The molecule has 0 aliphatic rings. The summed E-state index contributed by atoms with van der Waals surface area (Å²) in [7, 11) is 1.56. The van der Waals surface area contributed by atoms with Crippen LogP contribution < -0.4 is 20.7 Å². The number of hydrogen-bond donors (Lipinski definition) is 2. The quantitative estimate of drug-likeness (QED) is 0.394. The Kier molecular flexibility index (Phi) is 8.30. The predicted molar refractivity (Wildman–Crippen MR) is 137 cm³/mol. The van der Waals surface area contributed by atoms with E-state index < -0.39 is 7.14 Å². The van der Waals surface area contributed by atoms with Gasteiger partial charge in [0, 0.05) is 24.0 Å². The molecule has 0 fully saturated rings. The van der Waals surface area contributed by atoms with Gasteiger partial charge in [0.2, 0.25) is 11.8 Å². The average Bonchev–Trinajstić information content (AvgIpc) is 2.76. The van der Waals surface area contributed by atoms with Crippen LogP contribution in [0.1, 0.15) is 12.6 Å². The van der Waals surface area contributed by atoms with Crippen molar-refractivity contribution in [2.45, 2.75) is 13.3 Å². The third-order valence-corrected chi connectivity index (χ3v) is 6.57. The van der Waals surface area contributed by atoms with Crippen molar-refractivity contribution in [3.05, 3.63) is 53.3 Å². The first-order chi connectivity index (χ1) is 15.7. The second-order valence-corrected chi connectivity index (χ2v) is 11.7. The maximum absolute atomic E-state index is 12.7. The Bertz CT molecular complexity index is 1150. The molecule has 33 heavy (non-hydrogen) atoms. The summed E-state index contributed by atoms with van der Waals surface area (Å²) < 4.78 is 18.4. The van der Waals surface area contributed by atoms with Gasteiger partial charge in [-0.3, -0.25) is 0 Å². The van der Waals surface area contributed by atoms with E-state index in [1.165, 1.54) is 6.20 Å². The molecule has 10 heteroatoms. The molecule has 2 aromatic heterocycles. The van der Waals surface area contributed by atoms with E-state index in [0.29, 0.717) is 40.7 Å². The number of para-hydroxylation sites is 1. The third-order valence-electron chi connectivity index (χ3n) is 4.74. The number of aromatic nitrogens is 3. The van der Waals surface area contributed by atoms with E-state index in [9.17, 15) is 4.57 Å². The van der Waals surface area contributed by atoms with Gasteiger partial charge in [-0.1, -0.05) is 23.7 Å². The highest BCUT2D eigenvalue weighted by atomic mass is 35.5. The van der Waals surface area contributed by atoms with Crippen molar-refractivity contribution in [2.24, 2.45) is 0 Å². The highest BCUT2D eigenvalue weighted by Crippen LogP contribution is 2.38. The van der Waals surface area contributed by atoms with Gasteiger partial charge in [-0.15, -0.1) is 0 Å². The van der Waals surface area contributed by atoms with Crippen molar-refractivity contribution >= 4 is 47.2 Å². The number of hydrogen-bond acceptors (Lipinski definition) is 8. The average molecular weight is 489 g/mol. The Morgan fingerprint density at radius 3 is 2.52 bits per heavy atom. The summed E-state index contributed by atoms with van der Waals surface area (Å²) >= 11 is 6.35. The van der Waals surface area contributed by atoms with Crippen molar-refractivity contribution in [1.82, 2.24) is 19.9 Å². The number of likely N-dealkylation sites (N-methyl/N-ethyl adjacent to an activating group) is 1. The predicted octanol–water partition coefficient (Wildman–Crippen LogP) is 4.76. The van der Waals surface area contributed by atoms with Crippen LogP contribution >= 0.6 is 18.7 Å². The summed E-state index contributed by atoms with van der Waals surface area (Å²) in [5.74, 6) is 1.23. The first-order valence-corrected chi connectivity index (χ1v) is 13.6. The smallest absolute Gasteiger partial charge is 0.238 e. The minimum atomic E-state index is -2.50. The van der Waals surface area contributed by atoms with Gasteiger partial charge in [-0.2, -0.15) is 4.98 Å². The van der Waals surface area contributed by atoms with Gasteiger partial charge in [-0.05, 0) is 58.6 Å². The molecule has 0 radical (unpaired) electrons. The summed E-state index contributed by atoms with van der Waals surface area (Å²) in [6.07, 6.45) is 2.33. The number of ether oxygens (including phenoxy) is 1. The lowest BCUT2D eigenvalue weighted by Crippen LogP contribution is -2.16. The Morgan fingerprint density at radius 2 is 1.82 bits per heavy atom. The molecule has 0 amide bonds. The molecule has 176 valence electrons. The highest BCUT2D eigenvalue weighted by molar-refractivity contribution is 7.70. The van der Waals surface area contributed by atoms with E-state index in [1.54, 1.807) is 13.3 Å². The molecular formula is C23H30ClN6O2P. The second kappa shape index (κ2) is 11.0. The van der Waals surface area contributed by atoms with Crippen molar-refractivity contribution < 1.29 is 9.30 Å². The topological polar surface area (TPSA) is 92.3 Å². The molecule has 3 aromatic rings. The van der Waals surface area contributed by atoms with E-state index >= 15 is 0 Å². The highest BCUT2D eigenvalue weighted by Gasteiger charge is 2.17. The van der Waals surface area contributed by atoms with E-state index in [2.05, 4.69) is 30.5 Å². The van der Waals surface area contributed by atoms with Crippen LogP contribution in [0.3, 0.4) is 0 Å². The monoisotopic (exact) mass is 488 g/mol. The van der Waals surface area contributed by atoms with E-state index in [0.717, 1.165) is 24.0 Å². The maximum atomic E-state index is 12.7. The van der Waals surface area contributed by atoms with Crippen LogP contribution in [0.15, 0.2) is 42.6 Å². The zero-order valence-electron chi connectivity index (χ0n) is 19.6. The third kappa shape index (κ3) is 6.90. The van der Waals surface area contributed by atoms with Gasteiger partial charge in [0.1, 0.15) is 17.9 Å². The van der Waals surface area contributed by atoms with E-state index in [-0.39, 0.29) is 0 Å². The van der Waals surface area contributed by atoms with Gasteiger partial charge in [0.15, 0.2) is 5.82 Å². The molecule has 3 rings (SSSR count). The molecule has 8 nitrogen and oxygen atoms in total. The van der Waals surface area contributed by atoms with Crippen LogP contribution in [-0.4, -0.2) is 60.4 Å². The summed E-state index contributed by atoms with van der Waals surface area (Å²) in [4.78, 5) is 15.6. The van der Waals surface area contributed by atoms with E-state index in [1.807, 2.05) is 57.4 Å². The number of benzene rings is 1. The van der Waals surface area contributed by atoms with Gasteiger partial charge in [0.05, 0.1) is 18.5 Å². The first-order valence-electron chi connectivity index (χ1n) is 10.7. The minimum Gasteiger partial charge on any atom is -0.476 e. The molecule has 0 unspecified atom stereocenters. The number of nitrogens with zero attached hydrogens (tertiary/aromatic N) is 4. The Balaban J connectivity index is 1.87. The molecule has 0 bridgehead atoms. The molecule has 0 atom stereocenters. The van der Waals surface area contributed by atoms with Crippen molar-refractivity contribution in [3.8, 4) is 5.88 Å². The van der Waals surface area contributed by atoms with Gasteiger partial charge in [-0.25, -0.2) is 9.97 Å². The van der Waals surface area contributed by atoms with Crippen molar-refractivity contribution in [2.75, 3.05) is 51.2 Å². The van der Waals surface area contributed by atoms with Crippen LogP contribution in [0.2, 0.25) is 5.02 Å². The normalized spacial score (nSPS) is 11.5. The standard InChI is InChI=1S/C23H30ClN6O2P/c1-6-32-22-19(12-11-16(26-22)13-14-30(2)3)28-23-25-15-17(24)21(29-23)27-18-9-7-8-10-20(18)33(4,5)31/h7-12,15H,6,13-14H2,1-5H3,(H2,25,27,28,29). The van der Waals surface area contributed by atoms with Gasteiger partial charge in [0.25, 0.3) is 0 Å². The number of anilines is 4. The molecular weight excluding hydrogens is 459 g/mol. The molecule has 1 aromatic carbocycles. The van der Waals surface area contributed by atoms with E-state index in [4.69, 9.17) is 16.3 Å². The summed E-state index contributed by atoms with van der Waals surface area (Å²) in [6.45, 7) is 6.75. The van der Waals surface area contributed by atoms with Gasteiger partial charge < -0.3 is 24.8 Å². The van der Waals surface area contributed by atoms with Gasteiger partial charge >= 0.3 is 0 Å². The first kappa shape index (κ1) is 25.0. The fourth-order valence-electron chi connectivity index (χ4n) is 3.11. The Morgan fingerprint density at radius 1 is 1.06 bits per heavy atom. The minimum absolute atomic E-state index is 0.333. The summed E-state index contributed by atoms with van der Waals surface area (Å²) in [5.41, 5.74) is 2.29. The summed E-state index contributed by atoms with van der Waals surface area (Å²) in [5, 5.41) is 7.45. The second-order valence-electron chi connectivity index (χ2n) is 8.15. The zero-order valence-corrected chi connectivity index (χ0v) is 21.2. The fraction of sp³-hybridized carbons (Fsp3) is 0.348. The lowest BCUT2D eigenvalue weighted by atomic mass is 10.2. The molecule has 0 saturated heterocycles. The molecule has 0 spiro atoms. The molecule has 0 aliphatic heterocycles. The van der Waals surface area contributed by atoms with Crippen LogP contribution in [0.4, 0.5) is 23.1 Å². The number of pyridine rings is 1. The number of halogens is 1. The zero-order chi connectivity index (χ0) is 24.0. The number of nitrogens with one attached hydrogen (secondary N) is 2. The van der Waals surface area contributed by atoms with Crippen LogP contribution in [0.5, 0.6) is 5.88 Å². The lowest BCUT2D eigenvalue weighted by Gasteiger charge is -2.16.